The molecule has 3 atom stereocenters. The Hall–Kier alpha value is -0.710. The summed E-state index contributed by atoms with van der Waals surface area (Å²) in [5.74, 6) is 0.207. The van der Waals surface area contributed by atoms with Crippen LogP contribution in [0.3, 0.4) is 0 Å². The molecule has 0 aromatic heterocycles. The molecule has 0 N–H and O–H groups in total. The van der Waals surface area contributed by atoms with Gasteiger partial charge < -0.3 is 4.74 Å². The van der Waals surface area contributed by atoms with E-state index in [0.29, 0.717) is 6.42 Å². The molecule has 0 unspecified atom stereocenters. The van der Waals surface area contributed by atoms with Crippen LogP contribution in [0.15, 0.2) is 11.8 Å². The minimum Gasteiger partial charge on any atom is -0.411 e. The molecule has 1 aliphatic heterocycles. The summed E-state index contributed by atoms with van der Waals surface area (Å²) in [5, 5.41) is 0. The van der Waals surface area contributed by atoms with Crippen molar-refractivity contribution in [2.75, 3.05) is 0 Å². The molecule has 0 amide bonds. The highest BCUT2D eigenvalue weighted by atomic mass is 19.3. The molecule has 1 saturated heterocycles. The first-order valence-electron chi connectivity index (χ1n) is 5.48. The lowest BCUT2D eigenvalue weighted by Gasteiger charge is -2.17. The van der Waals surface area contributed by atoms with Crippen molar-refractivity contribution in [3.05, 3.63) is 11.8 Å². The second-order valence-electron chi connectivity index (χ2n) is 4.72. The van der Waals surface area contributed by atoms with Crippen molar-refractivity contribution < 1.29 is 22.6 Å². The Labute approximate surface area is 92.4 Å². The summed E-state index contributed by atoms with van der Waals surface area (Å²) >= 11 is 0. The van der Waals surface area contributed by atoms with E-state index >= 15 is 0 Å². The van der Waals surface area contributed by atoms with Crippen LogP contribution in [0.2, 0.25) is 0 Å². The van der Waals surface area contributed by atoms with Gasteiger partial charge in [-0.15, -0.1) is 8.78 Å². The fraction of sp³-hybridized carbons (Fsp3) is 0.818. The van der Waals surface area contributed by atoms with Gasteiger partial charge in [0, 0.05) is 6.42 Å². The summed E-state index contributed by atoms with van der Waals surface area (Å²) < 4.78 is 48.0. The topological polar surface area (TPSA) is 18.5 Å². The number of ether oxygens (including phenoxy) is 2. The molecule has 0 saturated carbocycles. The largest absolute Gasteiger partial charge is 0.535 e. The molecule has 0 aromatic rings. The van der Waals surface area contributed by atoms with Crippen molar-refractivity contribution in [2.24, 2.45) is 11.8 Å². The third kappa shape index (κ3) is 2.34. The van der Waals surface area contributed by atoms with Gasteiger partial charge in [-0.05, 0) is 24.3 Å². The Kier molecular flexibility index (Phi) is 2.90. The second-order valence-corrected chi connectivity index (χ2v) is 4.72. The van der Waals surface area contributed by atoms with Crippen LogP contribution in [-0.2, 0) is 9.47 Å². The standard InChI is InChI=1S/C11H15F3O2/c1-6(2)7-3-8(12)5-10-9(4-7)15-11(13,14)16-10/h4,6-8,10H,3,5H2,1-2H3/t7-,8+,10-/m1/s1. The smallest absolute Gasteiger partial charge is 0.411 e. The lowest BCUT2D eigenvalue weighted by molar-refractivity contribution is -0.342. The monoisotopic (exact) mass is 236 g/mol. The first kappa shape index (κ1) is 11.8. The average Bonchev–Trinajstić information content (AvgIpc) is 2.30. The number of hydrogen-bond acceptors (Lipinski definition) is 2. The first-order valence-corrected chi connectivity index (χ1v) is 5.48. The molecule has 5 heteroatoms. The van der Waals surface area contributed by atoms with Crippen LogP contribution in [0, 0.1) is 11.8 Å². The fourth-order valence-corrected chi connectivity index (χ4v) is 2.12. The molecule has 16 heavy (non-hydrogen) atoms. The van der Waals surface area contributed by atoms with Gasteiger partial charge in [-0.1, -0.05) is 13.8 Å². The Bertz CT molecular complexity index is 302. The quantitative estimate of drug-likeness (QED) is 0.695. The summed E-state index contributed by atoms with van der Waals surface area (Å²) in [7, 11) is 0. The molecule has 0 bridgehead atoms. The number of allylic oxidation sites excluding steroid dienone is 1. The number of halogens is 3. The summed E-state index contributed by atoms with van der Waals surface area (Å²) in [6.07, 6.45) is -3.77. The second kappa shape index (κ2) is 3.95. The summed E-state index contributed by atoms with van der Waals surface area (Å²) in [5.41, 5.74) is 0. The SMILES string of the molecule is CC(C)[C@H]1C=C2OC(F)(F)O[C@@H]2C[C@@H](F)C1. The van der Waals surface area contributed by atoms with Crippen LogP contribution in [0.1, 0.15) is 26.7 Å². The third-order valence-electron chi connectivity index (χ3n) is 3.07. The highest BCUT2D eigenvalue weighted by molar-refractivity contribution is 5.10. The Morgan fingerprint density at radius 1 is 1.38 bits per heavy atom. The number of rotatable bonds is 1. The van der Waals surface area contributed by atoms with Gasteiger partial charge in [-0.3, -0.25) is 4.74 Å². The van der Waals surface area contributed by atoms with E-state index in [1.165, 1.54) is 0 Å². The van der Waals surface area contributed by atoms with Crippen molar-refractivity contribution in [1.29, 1.82) is 0 Å². The highest BCUT2D eigenvalue weighted by Gasteiger charge is 2.49. The van der Waals surface area contributed by atoms with Crippen LogP contribution in [0.5, 0.6) is 0 Å². The van der Waals surface area contributed by atoms with Gasteiger partial charge >= 0.3 is 6.29 Å². The number of fused-ring (bicyclic) bond motifs is 1. The molecule has 2 aliphatic rings. The van der Waals surface area contributed by atoms with Crippen LogP contribution in [0.25, 0.3) is 0 Å². The molecule has 0 spiro atoms. The lowest BCUT2D eigenvalue weighted by Crippen LogP contribution is -2.21. The van der Waals surface area contributed by atoms with Crippen molar-refractivity contribution in [2.45, 2.75) is 45.3 Å². The molecule has 1 fully saturated rings. The Morgan fingerprint density at radius 3 is 2.69 bits per heavy atom. The van der Waals surface area contributed by atoms with E-state index in [0.717, 1.165) is 0 Å². The maximum atomic E-state index is 13.5. The number of alkyl halides is 3. The zero-order chi connectivity index (χ0) is 11.9. The molecule has 0 aromatic carbocycles. The molecule has 2 nitrogen and oxygen atoms in total. The highest BCUT2D eigenvalue weighted by Crippen LogP contribution is 2.40. The predicted molar refractivity (Wildman–Crippen MR) is 51.4 cm³/mol. The number of hydrogen-bond donors (Lipinski definition) is 0. The normalized spacial score (nSPS) is 37.6. The van der Waals surface area contributed by atoms with Crippen LogP contribution in [0.4, 0.5) is 13.2 Å². The zero-order valence-electron chi connectivity index (χ0n) is 9.25. The summed E-state index contributed by atoms with van der Waals surface area (Å²) in [6, 6.07) is 0. The minimum atomic E-state index is -3.60. The van der Waals surface area contributed by atoms with Gasteiger partial charge in [-0.2, -0.15) is 0 Å². The molecule has 1 aliphatic carbocycles. The van der Waals surface area contributed by atoms with Gasteiger partial charge in [0.15, 0.2) is 0 Å². The first-order chi connectivity index (χ1) is 7.37. The minimum absolute atomic E-state index is 0.0509. The van der Waals surface area contributed by atoms with Crippen molar-refractivity contribution in [1.82, 2.24) is 0 Å². The van der Waals surface area contributed by atoms with E-state index in [1.54, 1.807) is 6.08 Å². The van der Waals surface area contributed by atoms with E-state index in [9.17, 15) is 13.2 Å². The Balaban J connectivity index is 2.21. The van der Waals surface area contributed by atoms with Crippen molar-refractivity contribution in [3.8, 4) is 0 Å². The summed E-state index contributed by atoms with van der Waals surface area (Å²) in [4.78, 5) is 0. The molecule has 0 radical (unpaired) electrons. The molecular weight excluding hydrogens is 221 g/mol. The molecule has 1 heterocycles. The van der Waals surface area contributed by atoms with Crippen LogP contribution >= 0.6 is 0 Å². The van der Waals surface area contributed by atoms with E-state index in [4.69, 9.17) is 0 Å². The predicted octanol–water partition coefficient (Wildman–Crippen LogP) is 3.24. The zero-order valence-corrected chi connectivity index (χ0v) is 9.25. The Morgan fingerprint density at radius 2 is 2.06 bits per heavy atom. The van der Waals surface area contributed by atoms with E-state index in [-0.39, 0.29) is 24.0 Å². The van der Waals surface area contributed by atoms with Crippen LogP contribution < -0.4 is 0 Å². The average molecular weight is 236 g/mol. The maximum absolute atomic E-state index is 13.5. The molecular formula is C11H15F3O2. The van der Waals surface area contributed by atoms with E-state index in [2.05, 4.69) is 9.47 Å². The van der Waals surface area contributed by atoms with E-state index < -0.39 is 18.6 Å². The molecule has 2 rings (SSSR count). The fourth-order valence-electron chi connectivity index (χ4n) is 2.12. The van der Waals surface area contributed by atoms with Gasteiger partial charge in [-0.25, -0.2) is 4.39 Å². The lowest BCUT2D eigenvalue weighted by atomic mass is 9.91. The third-order valence-corrected chi connectivity index (χ3v) is 3.07. The van der Waals surface area contributed by atoms with Crippen molar-refractivity contribution >= 4 is 0 Å². The van der Waals surface area contributed by atoms with Crippen molar-refractivity contribution in [3.63, 3.8) is 0 Å². The molecule has 92 valence electrons. The summed E-state index contributed by atoms with van der Waals surface area (Å²) in [6.45, 7) is 3.87. The van der Waals surface area contributed by atoms with Crippen LogP contribution in [-0.4, -0.2) is 18.6 Å². The van der Waals surface area contributed by atoms with Gasteiger partial charge in [0.25, 0.3) is 0 Å². The van der Waals surface area contributed by atoms with Gasteiger partial charge in [0.1, 0.15) is 18.0 Å². The van der Waals surface area contributed by atoms with E-state index in [1.807, 2.05) is 13.8 Å². The maximum Gasteiger partial charge on any atom is 0.535 e. The van der Waals surface area contributed by atoms with Gasteiger partial charge in [0.05, 0.1) is 0 Å². The van der Waals surface area contributed by atoms with Gasteiger partial charge in [0.2, 0.25) is 0 Å².